The molecular formula is C10H15N5O2. The molecule has 0 saturated heterocycles. The Hall–Kier alpha value is -2.31. The number of hydrogen-bond acceptors (Lipinski definition) is 5. The topological polar surface area (TPSA) is 83.3 Å². The second-order valence-electron chi connectivity index (χ2n) is 3.51. The quantitative estimate of drug-likeness (QED) is 0.730. The lowest BCUT2D eigenvalue weighted by Crippen LogP contribution is -2.18. The van der Waals surface area contributed by atoms with Gasteiger partial charge in [0.1, 0.15) is 0 Å². The minimum atomic E-state index is -1.09. The molecule has 7 heteroatoms. The van der Waals surface area contributed by atoms with E-state index in [4.69, 9.17) is 5.11 Å². The van der Waals surface area contributed by atoms with Crippen LogP contribution in [-0.4, -0.2) is 45.1 Å². The van der Waals surface area contributed by atoms with E-state index in [1.165, 1.54) is 10.9 Å². The molecule has 1 aromatic heterocycles. The van der Waals surface area contributed by atoms with Crippen molar-refractivity contribution in [2.24, 2.45) is 0 Å². The van der Waals surface area contributed by atoms with Gasteiger partial charge in [0.05, 0.1) is 18.4 Å². The number of hydrogen-bond donors (Lipinski definition) is 2. The monoisotopic (exact) mass is 237 g/mol. The van der Waals surface area contributed by atoms with Crippen LogP contribution in [-0.2, 0) is 6.54 Å². The molecule has 0 unspecified atom stereocenters. The van der Waals surface area contributed by atoms with Crippen molar-refractivity contribution in [3.63, 3.8) is 0 Å². The van der Waals surface area contributed by atoms with Gasteiger partial charge in [-0.3, -0.25) is 0 Å². The van der Waals surface area contributed by atoms with Crippen molar-refractivity contribution in [3.05, 3.63) is 36.6 Å². The summed E-state index contributed by atoms with van der Waals surface area (Å²) in [4.78, 5) is 12.5. The Morgan fingerprint density at radius 2 is 2.41 bits per heavy atom. The maximum absolute atomic E-state index is 10.6. The number of rotatable bonds is 6. The van der Waals surface area contributed by atoms with Gasteiger partial charge in [0.2, 0.25) is 0 Å². The number of nitrogens with one attached hydrogen (secondary N) is 1. The van der Waals surface area contributed by atoms with Crippen molar-refractivity contribution in [1.29, 1.82) is 0 Å². The molecule has 0 atom stereocenters. The summed E-state index contributed by atoms with van der Waals surface area (Å²) in [5, 5.41) is 18.8. The van der Waals surface area contributed by atoms with Crippen LogP contribution in [0.1, 0.15) is 10.5 Å². The largest absolute Gasteiger partial charge is 0.476 e. The molecule has 92 valence electrons. The standard InChI is InChI=1S/C10H15N5O2/c1-4-11-5-8(14(2)3)6-15-7-9(10(16)17)12-13-15/h4-5,7,11H,1,6H2,2-3H3,(H,16,17)/b8-5-. The number of carboxylic acid groups (broad SMARTS) is 1. The first-order valence-corrected chi connectivity index (χ1v) is 4.91. The number of carboxylic acids is 1. The summed E-state index contributed by atoms with van der Waals surface area (Å²) in [5.74, 6) is -1.09. The van der Waals surface area contributed by atoms with Gasteiger partial charge in [-0.25, -0.2) is 9.48 Å². The van der Waals surface area contributed by atoms with E-state index < -0.39 is 5.97 Å². The number of nitrogens with zero attached hydrogens (tertiary/aromatic N) is 4. The first kappa shape index (κ1) is 12.8. The smallest absolute Gasteiger partial charge is 0.358 e. The molecule has 0 bridgehead atoms. The molecule has 2 N–H and O–H groups in total. The first-order valence-electron chi connectivity index (χ1n) is 4.91. The van der Waals surface area contributed by atoms with Crippen LogP contribution in [0, 0.1) is 0 Å². The van der Waals surface area contributed by atoms with Crippen molar-refractivity contribution < 1.29 is 9.90 Å². The van der Waals surface area contributed by atoms with Crippen molar-refractivity contribution in [1.82, 2.24) is 25.2 Å². The molecule has 0 fully saturated rings. The third-order valence-electron chi connectivity index (χ3n) is 2.02. The summed E-state index contributed by atoms with van der Waals surface area (Å²) in [6.07, 6.45) is 4.69. The summed E-state index contributed by atoms with van der Waals surface area (Å²) in [7, 11) is 3.76. The highest BCUT2D eigenvalue weighted by molar-refractivity contribution is 5.84. The molecule has 0 aromatic carbocycles. The molecule has 0 amide bonds. The molecule has 0 aliphatic carbocycles. The minimum absolute atomic E-state index is 0.0696. The highest BCUT2D eigenvalue weighted by Crippen LogP contribution is 2.02. The van der Waals surface area contributed by atoms with Crippen LogP contribution >= 0.6 is 0 Å². The van der Waals surface area contributed by atoms with E-state index in [1.807, 2.05) is 19.0 Å². The fraction of sp³-hybridized carbons (Fsp3) is 0.300. The summed E-state index contributed by atoms with van der Waals surface area (Å²) in [6, 6.07) is 0. The van der Waals surface area contributed by atoms with Gasteiger partial charge >= 0.3 is 5.97 Å². The Kier molecular flexibility index (Phi) is 4.27. The van der Waals surface area contributed by atoms with E-state index in [0.29, 0.717) is 6.54 Å². The second-order valence-corrected chi connectivity index (χ2v) is 3.51. The van der Waals surface area contributed by atoms with Crippen LogP contribution in [0.3, 0.4) is 0 Å². The summed E-state index contributed by atoms with van der Waals surface area (Å²) < 4.78 is 1.46. The van der Waals surface area contributed by atoms with E-state index >= 15 is 0 Å². The fourth-order valence-electron chi connectivity index (χ4n) is 1.11. The van der Waals surface area contributed by atoms with Crippen LogP contribution in [0.4, 0.5) is 0 Å². The van der Waals surface area contributed by atoms with Crippen molar-refractivity contribution in [2.45, 2.75) is 6.54 Å². The number of carbonyl (C=O) groups is 1. The summed E-state index contributed by atoms with van der Waals surface area (Å²) in [5.41, 5.74) is 0.839. The summed E-state index contributed by atoms with van der Waals surface area (Å²) >= 11 is 0. The maximum atomic E-state index is 10.6. The van der Waals surface area contributed by atoms with Crippen LogP contribution in [0.15, 0.2) is 30.9 Å². The van der Waals surface area contributed by atoms with Crippen LogP contribution in [0.25, 0.3) is 0 Å². The molecule has 17 heavy (non-hydrogen) atoms. The number of allylic oxidation sites excluding steroid dienone is 1. The third-order valence-corrected chi connectivity index (χ3v) is 2.02. The minimum Gasteiger partial charge on any atom is -0.476 e. The van der Waals surface area contributed by atoms with Gasteiger partial charge in [-0.15, -0.1) is 5.10 Å². The zero-order valence-electron chi connectivity index (χ0n) is 9.79. The van der Waals surface area contributed by atoms with Gasteiger partial charge in [-0.2, -0.15) is 0 Å². The van der Waals surface area contributed by atoms with Crippen LogP contribution < -0.4 is 5.32 Å². The molecule has 1 rings (SSSR count). The third kappa shape index (κ3) is 3.63. The van der Waals surface area contributed by atoms with Crippen molar-refractivity contribution >= 4 is 5.97 Å². The lowest BCUT2D eigenvalue weighted by molar-refractivity contribution is 0.0690. The molecule has 1 heterocycles. The van der Waals surface area contributed by atoms with Crippen LogP contribution in [0.5, 0.6) is 0 Å². The zero-order chi connectivity index (χ0) is 12.8. The van der Waals surface area contributed by atoms with Gasteiger partial charge in [-0.05, 0) is 6.20 Å². The van der Waals surface area contributed by atoms with Gasteiger partial charge in [0.25, 0.3) is 0 Å². The molecule has 0 saturated carbocycles. The lowest BCUT2D eigenvalue weighted by Gasteiger charge is -2.16. The Labute approximate surface area is 99.0 Å². The van der Waals surface area contributed by atoms with E-state index in [1.54, 1.807) is 12.4 Å². The number of aromatic nitrogens is 3. The van der Waals surface area contributed by atoms with E-state index in [0.717, 1.165) is 5.70 Å². The molecule has 0 aliphatic rings. The molecule has 0 spiro atoms. The Morgan fingerprint density at radius 3 is 2.88 bits per heavy atom. The average molecular weight is 237 g/mol. The van der Waals surface area contributed by atoms with Gasteiger partial charge in [-0.1, -0.05) is 11.8 Å². The lowest BCUT2D eigenvalue weighted by atomic mass is 10.4. The van der Waals surface area contributed by atoms with Gasteiger partial charge in [0, 0.05) is 20.3 Å². The highest BCUT2D eigenvalue weighted by atomic mass is 16.4. The van der Waals surface area contributed by atoms with E-state index in [-0.39, 0.29) is 5.69 Å². The Morgan fingerprint density at radius 1 is 1.71 bits per heavy atom. The normalized spacial score (nSPS) is 11.1. The number of aromatic carboxylic acids is 1. The average Bonchev–Trinajstić information content (AvgIpc) is 2.72. The van der Waals surface area contributed by atoms with Crippen molar-refractivity contribution in [3.8, 4) is 0 Å². The van der Waals surface area contributed by atoms with Crippen molar-refractivity contribution in [2.75, 3.05) is 14.1 Å². The van der Waals surface area contributed by atoms with Gasteiger partial charge < -0.3 is 15.3 Å². The van der Waals surface area contributed by atoms with E-state index in [2.05, 4.69) is 22.2 Å². The highest BCUT2D eigenvalue weighted by Gasteiger charge is 2.09. The predicted molar refractivity (Wildman–Crippen MR) is 62.1 cm³/mol. The molecule has 1 aromatic rings. The SMILES string of the molecule is C=CN/C=C(/Cn1cc(C(=O)O)nn1)N(C)C. The number of likely N-dealkylation sites (N-methyl/N-ethyl adjacent to an activating group) is 1. The molecule has 0 radical (unpaired) electrons. The summed E-state index contributed by atoms with van der Waals surface area (Å²) in [6.45, 7) is 3.96. The molecular weight excluding hydrogens is 222 g/mol. The zero-order valence-corrected chi connectivity index (χ0v) is 9.79. The Bertz CT molecular complexity index is 436. The molecule has 7 nitrogen and oxygen atoms in total. The predicted octanol–water partition coefficient (Wildman–Crippen LogP) is 0.112. The fourth-order valence-corrected chi connectivity index (χ4v) is 1.11. The van der Waals surface area contributed by atoms with Gasteiger partial charge in [0.15, 0.2) is 5.69 Å². The first-order chi connectivity index (χ1) is 8.04. The maximum Gasteiger partial charge on any atom is 0.358 e. The van der Waals surface area contributed by atoms with Crippen LogP contribution in [0.2, 0.25) is 0 Å². The van der Waals surface area contributed by atoms with E-state index in [9.17, 15) is 4.79 Å². The second kappa shape index (κ2) is 5.69. The molecule has 0 aliphatic heterocycles. The Balaban J connectivity index is 2.78.